The van der Waals surface area contributed by atoms with Crippen molar-refractivity contribution in [2.24, 2.45) is 5.92 Å². The maximum absolute atomic E-state index is 11.1. The molecule has 0 saturated heterocycles. The molecule has 0 aromatic carbocycles. The normalized spacial score (nSPS) is 31.5. The van der Waals surface area contributed by atoms with Gasteiger partial charge in [0.15, 0.2) is 5.78 Å². The third kappa shape index (κ3) is 1.50. The lowest BCUT2D eigenvalue weighted by molar-refractivity contribution is -0.144. The zero-order chi connectivity index (χ0) is 9.42. The van der Waals surface area contributed by atoms with Crippen molar-refractivity contribution in [3.63, 3.8) is 0 Å². The van der Waals surface area contributed by atoms with E-state index in [1.807, 2.05) is 0 Å². The van der Waals surface area contributed by atoms with Gasteiger partial charge < -0.3 is 4.74 Å². The van der Waals surface area contributed by atoms with Crippen LogP contribution in [0.25, 0.3) is 0 Å². The molecule has 2 aliphatic rings. The molecule has 1 fully saturated rings. The van der Waals surface area contributed by atoms with Gasteiger partial charge in [-0.05, 0) is 30.4 Å². The summed E-state index contributed by atoms with van der Waals surface area (Å²) in [5, 5.41) is 0. The molecule has 2 rings (SSSR count). The molecule has 0 aliphatic heterocycles. The Balaban J connectivity index is 2.11. The maximum atomic E-state index is 11.1. The van der Waals surface area contributed by atoms with E-state index < -0.39 is 0 Å². The number of hydrogen-bond acceptors (Lipinski definition) is 3. The van der Waals surface area contributed by atoms with Crippen LogP contribution in [0.1, 0.15) is 26.2 Å². The molecule has 13 heavy (non-hydrogen) atoms. The topological polar surface area (TPSA) is 43.4 Å². The molecule has 0 bridgehead atoms. The number of ketones is 1. The van der Waals surface area contributed by atoms with Gasteiger partial charge in [-0.25, -0.2) is 0 Å². The van der Waals surface area contributed by atoms with Crippen molar-refractivity contribution in [1.29, 1.82) is 0 Å². The summed E-state index contributed by atoms with van der Waals surface area (Å²) in [6.07, 6.45) is 4.02. The minimum atomic E-state index is -0.258. The summed E-state index contributed by atoms with van der Waals surface area (Å²) in [6.45, 7) is 1.41. The van der Waals surface area contributed by atoms with Gasteiger partial charge in [0.05, 0.1) is 0 Å². The second kappa shape index (κ2) is 2.98. The lowest BCUT2D eigenvalue weighted by Gasteiger charge is -2.11. The van der Waals surface area contributed by atoms with Crippen molar-refractivity contribution in [1.82, 2.24) is 0 Å². The molecule has 3 nitrogen and oxygen atoms in total. The Morgan fingerprint density at radius 2 is 2.31 bits per heavy atom. The minimum Gasteiger partial charge on any atom is -0.458 e. The van der Waals surface area contributed by atoms with Crippen molar-refractivity contribution in [3.8, 4) is 0 Å². The predicted molar refractivity (Wildman–Crippen MR) is 46.0 cm³/mol. The third-order valence-corrected chi connectivity index (χ3v) is 2.70. The van der Waals surface area contributed by atoms with E-state index in [4.69, 9.17) is 4.74 Å². The van der Waals surface area contributed by atoms with Gasteiger partial charge in [-0.1, -0.05) is 0 Å². The molecular formula is C10H12O3. The van der Waals surface area contributed by atoms with E-state index >= 15 is 0 Å². The highest BCUT2D eigenvalue weighted by molar-refractivity contribution is 5.94. The van der Waals surface area contributed by atoms with Crippen molar-refractivity contribution in [2.45, 2.75) is 32.3 Å². The van der Waals surface area contributed by atoms with E-state index in [2.05, 4.69) is 0 Å². The average Bonchev–Trinajstić information content (AvgIpc) is 2.51. The molecule has 3 heteroatoms. The summed E-state index contributed by atoms with van der Waals surface area (Å²) in [5.41, 5.74) is 1.04. The number of fused-ring (bicyclic) bond motifs is 1. The number of hydrogen-bond donors (Lipinski definition) is 0. The molecule has 0 spiro atoms. The quantitative estimate of drug-likeness (QED) is 0.570. The second-order valence-electron chi connectivity index (χ2n) is 3.69. The fourth-order valence-electron chi connectivity index (χ4n) is 2.19. The Labute approximate surface area is 76.8 Å². The Hall–Kier alpha value is -1.12. The average molecular weight is 180 g/mol. The molecule has 2 atom stereocenters. The molecule has 2 aliphatic carbocycles. The number of esters is 1. The smallest absolute Gasteiger partial charge is 0.303 e. The van der Waals surface area contributed by atoms with Gasteiger partial charge >= 0.3 is 5.97 Å². The first-order valence-corrected chi connectivity index (χ1v) is 4.58. The Bertz CT molecular complexity index is 291. The van der Waals surface area contributed by atoms with Gasteiger partial charge in [0.2, 0.25) is 0 Å². The SMILES string of the molecule is CC(=O)OC1CCC2CC(=O)C=C21. The summed E-state index contributed by atoms with van der Waals surface area (Å²) in [7, 11) is 0. The molecule has 2 unspecified atom stereocenters. The number of rotatable bonds is 1. The van der Waals surface area contributed by atoms with Gasteiger partial charge in [-0.15, -0.1) is 0 Å². The molecule has 0 amide bonds. The fourth-order valence-corrected chi connectivity index (χ4v) is 2.19. The van der Waals surface area contributed by atoms with Crippen LogP contribution >= 0.6 is 0 Å². The number of allylic oxidation sites excluding steroid dienone is 1. The molecule has 1 saturated carbocycles. The molecule has 0 heterocycles. The number of ether oxygens (including phenoxy) is 1. The van der Waals surface area contributed by atoms with Crippen molar-refractivity contribution in [2.75, 3.05) is 0 Å². The van der Waals surface area contributed by atoms with Gasteiger partial charge in [-0.3, -0.25) is 9.59 Å². The Morgan fingerprint density at radius 3 is 3.00 bits per heavy atom. The standard InChI is InChI=1S/C10H12O3/c1-6(11)13-10-3-2-7-4-8(12)5-9(7)10/h5,7,10H,2-4H2,1H3. The highest BCUT2D eigenvalue weighted by Gasteiger charge is 2.37. The van der Waals surface area contributed by atoms with Crippen LogP contribution in [0.2, 0.25) is 0 Å². The first-order chi connectivity index (χ1) is 6.16. The predicted octanol–water partition coefficient (Wildman–Crippen LogP) is 1.23. The third-order valence-electron chi connectivity index (χ3n) is 2.70. The van der Waals surface area contributed by atoms with E-state index in [9.17, 15) is 9.59 Å². The molecule has 0 aromatic heterocycles. The zero-order valence-corrected chi connectivity index (χ0v) is 7.58. The monoisotopic (exact) mass is 180 g/mol. The maximum Gasteiger partial charge on any atom is 0.303 e. The highest BCUT2D eigenvalue weighted by Crippen LogP contribution is 2.39. The summed E-state index contributed by atoms with van der Waals surface area (Å²) in [4.78, 5) is 21.8. The summed E-state index contributed by atoms with van der Waals surface area (Å²) >= 11 is 0. The van der Waals surface area contributed by atoms with Crippen LogP contribution in [0.3, 0.4) is 0 Å². The van der Waals surface area contributed by atoms with Gasteiger partial charge in [0.1, 0.15) is 6.10 Å². The van der Waals surface area contributed by atoms with Crippen LogP contribution in [0.5, 0.6) is 0 Å². The van der Waals surface area contributed by atoms with Crippen LogP contribution in [0.4, 0.5) is 0 Å². The first-order valence-electron chi connectivity index (χ1n) is 4.58. The Morgan fingerprint density at radius 1 is 1.54 bits per heavy atom. The largest absolute Gasteiger partial charge is 0.458 e. The lowest BCUT2D eigenvalue weighted by Crippen LogP contribution is -2.14. The fraction of sp³-hybridized carbons (Fsp3) is 0.600. The van der Waals surface area contributed by atoms with Crippen LogP contribution in [0, 0.1) is 5.92 Å². The van der Waals surface area contributed by atoms with Crippen LogP contribution in [-0.2, 0) is 14.3 Å². The minimum absolute atomic E-state index is 0.117. The molecule has 0 radical (unpaired) electrons. The second-order valence-corrected chi connectivity index (χ2v) is 3.69. The summed E-state index contributed by atoms with van der Waals surface area (Å²) in [6, 6.07) is 0. The van der Waals surface area contributed by atoms with E-state index in [0.717, 1.165) is 18.4 Å². The lowest BCUT2D eigenvalue weighted by atomic mass is 10.1. The van der Waals surface area contributed by atoms with Gasteiger partial charge in [0, 0.05) is 13.3 Å². The van der Waals surface area contributed by atoms with Crippen molar-refractivity contribution < 1.29 is 14.3 Å². The molecule has 70 valence electrons. The number of carbonyl (C=O) groups is 2. The first kappa shape index (κ1) is 8.48. The highest BCUT2D eigenvalue weighted by atomic mass is 16.5. The Kier molecular flexibility index (Phi) is 1.94. The van der Waals surface area contributed by atoms with Gasteiger partial charge in [0.25, 0.3) is 0 Å². The van der Waals surface area contributed by atoms with Crippen molar-refractivity contribution >= 4 is 11.8 Å². The van der Waals surface area contributed by atoms with Crippen LogP contribution in [-0.4, -0.2) is 17.9 Å². The molecule has 0 aromatic rings. The van der Waals surface area contributed by atoms with Crippen LogP contribution < -0.4 is 0 Å². The number of carbonyl (C=O) groups excluding carboxylic acids is 2. The van der Waals surface area contributed by atoms with E-state index in [1.54, 1.807) is 6.08 Å². The van der Waals surface area contributed by atoms with Crippen molar-refractivity contribution in [3.05, 3.63) is 11.6 Å². The molecular weight excluding hydrogens is 168 g/mol. The molecule has 0 N–H and O–H groups in total. The van der Waals surface area contributed by atoms with Gasteiger partial charge in [-0.2, -0.15) is 0 Å². The zero-order valence-electron chi connectivity index (χ0n) is 7.58. The summed E-state index contributed by atoms with van der Waals surface area (Å²) < 4.78 is 5.11. The van der Waals surface area contributed by atoms with Crippen LogP contribution in [0.15, 0.2) is 11.6 Å². The van der Waals surface area contributed by atoms with E-state index in [-0.39, 0.29) is 17.9 Å². The van der Waals surface area contributed by atoms with E-state index in [1.165, 1.54) is 6.92 Å². The summed E-state index contributed by atoms with van der Waals surface area (Å²) in [5.74, 6) is 0.277. The van der Waals surface area contributed by atoms with E-state index in [0.29, 0.717) is 12.3 Å².